The first-order valence-electron chi connectivity index (χ1n) is 8.34. The Morgan fingerprint density at radius 2 is 1.81 bits per heavy atom. The number of anilines is 1. The van der Waals surface area contributed by atoms with Crippen LogP contribution in [0, 0.1) is 11.7 Å². The molecule has 0 saturated heterocycles. The molecule has 0 radical (unpaired) electrons. The van der Waals surface area contributed by atoms with Gasteiger partial charge in [-0.25, -0.2) is 4.39 Å². The molecule has 0 bridgehead atoms. The number of nitrogens with one attached hydrogen (secondary N) is 2. The van der Waals surface area contributed by atoms with Gasteiger partial charge in [-0.2, -0.15) is 0 Å². The average molecular weight is 406 g/mol. The van der Waals surface area contributed by atoms with E-state index in [1.165, 1.54) is 36.0 Å². The number of halogens is 2. The van der Waals surface area contributed by atoms with Crippen LogP contribution in [0.5, 0.6) is 0 Å². The lowest BCUT2D eigenvalue weighted by molar-refractivity contribution is -0.122. The van der Waals surface area contributed by atoms with Crippen molar-refractivity contribution in [3.05, 3.63) is 30.1 Å². The maximum atomic E-state index is 12.8. The molecule has 1 aromatic rings. The number of hydrogen-bond donors (Lipinski definition) is 3. The highest BCUT2D eigenvalue weighted by Crippen LogP contribution is 2.18. The summed E-state index contributed by atoms with van der Waals surface area (Å²) in [6, 6.07) is 5.54. The smallest absolute Gasteiger partial charge is 0.234 e. The van der Waals surface area contributed by atoms with Crippen LogP contribution in [0.4, 0.5) is 10.1 Å². The van der Waals surface area contributed by atoms with Crippen molar-refractivity contribution in [2.24, 2.45) is 11.7 Å². The molecule has 26 heavy (non-hydrogen) atoms. The maximum absolute atomic E-state index is 12.8. The summed E-state index contributed by atoms with van der Waals surface area (Å²) in [5, 5.41) is 5.29. The van der Waals surface area contributed by atoms with Crippen LogP contribution in [0.2, 0.25) is 0 Å². The summed E-state index contributed by atoms with van der Waals surface area (Å²) in [6.45, 7) is 8.22. The molecule has 8 heteroatoms. The first-order valence-corrected chi connectivity index (χ1v) is 9.39. The predicted octanol–water partition coefficient (Wildman–Crippen LogP) is 3.19. The number of hydrogen-bond acceptors (Lipinski definition) is 4. The molecule has 148 valence electrons. The van der Waals surface area contributed by atoms with E-state index in [0.29, 0.717) is 18.2 Å². The van der Waals surface area contributed by atoms with Crippen molar-refractivity contribution in [1.82, 2.24) is 5.32 Å². The van der Waals surface area contributed by atoms with Crippen molar-refractivity contribution in [3.8, 4) is 0 Å². The molecular formula is C18H29ClFN3O2S. The third-order valence-corrected chi connectivity index (χ3v) is 4.84. The normalized spacial score (nSPS) is 14.1. The Morgan fingerprint density at radius 1 is 1.23 bits per heavy atom. The van der Waals surface area contributed by atoms with E-state index >= 15 is 0 Å². The highest BCUT2D eigenvalue weighted by molar-refractivity contribution is 8.01. The molecule has 0 saturated carbocycles. The summed E-state index contributed by atoms with van der Waals surface area (Å²) in [7, 11) is 0. The second-order valence-electron chi connectivity index (χ2n) is 6.86. The van der Waals surface area contributed by atoms with Crippen molar-refractivity contribution in [1.29, 1.82) is 0 Å². The summed E-state index contributed by atoms with van der Waals surface area (Å²) in [6.07, 6.45) is 0.789. The van der Waals surface area contributed by atoms with Crippen LogP contribution >= 0.6 is 24.2 Å². The molecule has 4 N–H and O–H groups in total. The number of carbonyl (C=O) groups is 2. The number of rotatable bonds is 9. The third kappa shape index (κ3) is 8.87. The van der Waals surface area contributed by atoms with E-state index in [2.05, 4.69) is 24.5 Å². The Morgan fingerprint density at radius 3 is 2.31 bits per heavy atom. The number of carbonyl (C=O) groups excluding carboxylic acids is 2. The second kappa shape index (κ2) is 11.4. The van der Waals surface area contributed by atoms with Crippen LogP contribution in [-0.2, 0) is 9.59 Å². The molecule has 1 aromatic carbocycles. The fraction of sp³-hybridized carbons (Fsp3) is 0.556. The van der Waals surface area contributed by atoms with Crippen molar-refractivity contribution >= 4 is 41.7 Å². The number of amides is 2. The van der Waals surface area contributed by atoms with Crippen LogP contribution in [0.25, 0.3) is 0 Å². The lowest BCUT2D eigenvalue weighted by Crippen LogP contribution is -2.54. The van der Waals surface area contributed by atoms with E-state index in [9.17, 15) is 14.0 Å². The molecule has 2 amide bonds. The van der Waals surface area contributed by atoms with Crippen LogP contribution in [0.15, 0.2) is 24.3 Å². The van der Waals surface area contributed by atoms with Crippen molar-refractivity contribution < 1.29 is 14.0 Å². The van der Waals surface area contributed by atoms with Crippen LogP contribution in [0.1, 0.15) is 34.1 Å². The van der Waals surface area contributed by atoms with Gasteiger partial charge in [0.1, 0.15) is 5.82 Å². The molecule has 0 spiro atoms. The molecule has 2 atom stereocenters. The minimum atomic E-state index is -0.448. The third-order valence-electron chi connectivity index (χ3n) is 3.70. The maximum Gasteiger partial charge on any atom is 0.234 e. The highest BCUT2D eigenvalue weighted by atomic mass is 35.5. The molecule has 0 heterocycles. The zero-order valence-electron chi connectivity index (χ0n) is 15.7. The molecule has 0 fully saturated rings. The van der Waals surface area contributed by atoms with Crippen molar-refractivity contribution in [2.75, 3.05) is 17.6 Å². The Labute approximate surface area is 165 Å². The minimum Gasteiger partial charge on any atom is -0.349 e. The van der Waals surface area contributed by atoms with Gasteiger partial charge in [-0.3, -0.25) is 9.59 Å². The van der Waals surface area contributed by atoms with Gasteiger partial charge in [-0.05, 0) is 50.5 Å². The van der Waals surface area contributed by atoms with Gasteiger partial charge in [-0.1, -0.05) is 13.8 Å². The van der Waals surface area contributed by atoms with E-state index in [0.717, 1.165) is 6.42 Å². The fourth-order valence-electron chi connectivity index (χ4n) is 2.49. The van der Waals surface area contributed by atoms with E-state index in [4.69, 9.17) is 5.73 Å². The molecule has 0 aliphatic rings. The van der Waals surface area contributed by atoms with E-state index in [1.54, 1.807) is 6.92 Å². The average Bonchev–Trinajstić information content (AvgIpc) is 2.53. The highest BCUT2D eigenvalue weighted by Gasteiger charge is 2.28. The zero-order chi connectivity index (χ0) is 19.0. The van der Waals surface area contributed by atoms with E-state index < -0.39 is 5.54 Å². The van der Waals surface area contributed by atoms with E-state index in [-0.39, 0.29) is 41.0 Å². The van der Waals surface area contributed by atoms with Gasteiger partial charge in [0.2, 0.25) is 11.8 Å². The van der Waals surface area contributed by atoms with Gasteiger partial charge in [-0.15, -0.1) is 24.2 Å². The topological polar surface area (TPSA) is 84.2 Å². The number of thioether (sulfide) groups is 1. The van der Waals surface area contributed by atoms with Crippen LogP contribution < -0.4 is 16.4 Å². The molecule has 2 unspecified atom stereocenters. The van der Waals surface area contributed by atoms with Gasteiger partial charge < -0.3 is 16.4 Å². The first kappa shape index (κ1) is 24.7. The quantitative estimate of drug-likeness (QED) is 0.589. The number of nitrogens with two attached hydrogens (primary N) is 1. The monoisotopic (exact) mass is 405 g/mol. The summed E-state index contributed by atoms with van der Waals surface area (Å²) < 4.78 is 12.8. The number of benzene rings is 1. The summed E-state index contributed by atoms with van der Waals surface area (Å²) in [5.74, 6) is -0.177. The second-order valence-corrected chi connectivity index (χ2v) is 8.19. The molecule has 0 aliphatic heterocycles. The van der Waals surface area contributed by atoms with Crippen LogP contribution in [0.3, 0.4) is 0 Å². The van der Waals surface area contributed by atoms with E-state index in [1.807, 2.05) is 6.92 Å². The lowest BCUT2D eigenvalue weighted by Gasteiger charge is -2.32. The summed E-state index contributed by atoms with van der Waals surface area (Å²) in [5.41, 5.74) is 5.89. The van der Waals surface area contributed by atoms with Gasteiger partial charge in [0, 0.05) is 17.8 Å². The first-order chi connectivity index (χ1) is 11.6. The molecular weight excluding hydrogens is 377 g/mol. The Balaban J connectivity index is 0.00000625. The molecule has 0 aromatic heterocycles. The van der Waals surface area contributed by atoms with Gasteiger partial charge in [0.15, 0.2) is 0 Å². The Hall–Kier alpha value is -1.31. The Kier molecular flexibility index (Phi) is 10.8. The fourth-order valence-corrected chi connectivity index (χ4v) is 3.18. The van der Waals surface area contributed by atoms with Crippen molar-refractivity contribution in [3.63, 3.8) is 0 Å². The lowest BCUT2D eigenvalue weighted by atomic mass is 9.90. The van der Waals surface area contributed by atoms with Crippen LogP contribution in [-0.4, -0.2) is 34.9 Å². The van der Waals surface area contributed by atoms with Gasteiger partial charge >= 0.3 is 0 Å². The largest absolute Gasteiger partial charge is 0.349 e. The summed E-state index contributed by atoms with van der Waals surface area (Å²) in [4.78, 5) is 24.3. The molecule has 1 rings (SSSR count). The van der Waals surface area contributed by atoms with Gasteiger partial charge in [0.25, 0.3) is 0 Å². The zero-order valence-corrected chi connectivity index (χ0v) is 17.3. The minimum absolute atomic E-state index is 0. The predicted molar refractivity (Wildman–Crippen MR) is 109 cm³/mol. The van der Waals surface area contributed by atoms with Gasteiger partial charge in [0.05, 0.1) is 11.0 Å². The summed E-state index contributed by atoms with van der Waals surface area (Å²) >= 11 is 1.25. The SMILES string of the molecule is CC(C)CC(C)(CN)NC(=O)C(C)SCC(=O)Nc1ccc(F)cc1.Cl. The van der Waals surface area contributed by atoms with Crippen molar-refractivity contribution in [2.45, 2.75) is 44.9 Å². The standard InChI is InChI=1S/C18H28FN3O2S.ClH/c1-12(2)9-18(4,11-20)22-17(24)13(3)25-10-16(23)21-15-7-5-14(19)6-8-15;/h5-8,12-13H,9-11,20H2,1-4H3,(H,21,23)(H,22,24);1H. The Bertz CT molecular complexity index is 586. The molecule has 0 aliphatic carbocycles. The molecule has 5 nitrogen and oxygen atoms in total.